The number of carboxylic acids is 1. The van der Waals surface area contributed by atoms with Gasteiger partial charge in [0.15, 0.2) is 5.82 Å². The number of piperidine rings is 1. The molecule has 116 valence electrons. The van der Waals surface area contributed by atoms with E-state index in [-0.39, 0.29) is 18.2 Å². The van der Waals surface area contributed by atoms with E-state index in [4.69, 9.17) is 9.63 Å². The monoisotopic (exact) mass is 295 g/mol. The van der Waals surface area contributed by atoms with E-state index < -0.39 is 5.97 Å². The van der Waals surface area contributed by atoms with Gasteiger partial charge in [-0.2, -0.15) is 0 Å². The van der Waals surface area contributed by atoms with Crippen molar-refractivity contribution in [1.82, 2.24) is 10.1 Å². The van der Waals surface area contributed by atoms with E-state index in [1.807, 2.05) is 0 Å². The van der Waals surface area contributed by atoms with E-state index in [9.17, 15) is 9.59 Å². The van der Waals surface area contributed by atoms with Crippen molar-refractivity contribution in [2.75, 3.05) is 25.0 Å². The predicted octanol–water partition coefficient (Wildman–Crippen LogP) is 1.50. The number of aryl methyl sites for hydroxylation is 1. The Morgan fingerprint density at radius 2 is 2.19 bits per heavy atom. The first kappa shape index (κ1) is 15.5. The fourth-order valence-electron chi connectivity index (χ4n) is 2.55. The van der Waals surface area contributed by atoms with Crippen LogP contribution in [0.2, 0.25) is 0 Å². The SMILES string of the molecule is Cc1cc(NC(=O)CCN2CCC(CC(=O)O)CC2)no1. The highest BCUT2D eigenvalue weighted by Gasteiger charge is 2.21. The number of aliphatic carboxylic acids is 1. The van der Waals surface area contributed by atoms with E-state index in [1.54, 1.807) is 13.0 Å². The number of nitrogens with one attached hydrogen (secondary N) is 1. The molecule has 2 heterocycles. The van der Waals surface area contributed by atoms with Gasteiger partial charge in [0.25, 0.3) is 0 Å². The second-order valence-electron chi connectivity index (χ2n) is 5.50. The fraction of sp³-hybridized carbons (Fsp3) is 0.643. The van der Waals surface area contributed by atoms with E-state index in [1.165, 1.54) is 0 Å². The Morgan fingerprint density at radius 3 is 2.76 bits per heavy atom. The number of hydrogen-bond acceptors (Lipinski definition) is 5. The molecule has 0 aliphatic carbocycles. The second-order valence-corrected chi connectivity index (χ2v) is 5.50. The van der Waals surface area contributed by atoms with Gasteiger partial charge in [-0.15, -0.1) is 0 Å². The molecule has 0 unspecified atom stereocenters. The third-order valence-corrected chi connectivity index (χ3v) is 3.72. The van der Waals surface area contributed by atoms with Gasteiger partial charge in [-0.3, -0.25) is 9.59 Å². The van der Waals surface area contributed by atoms with Crippen molar-refractivity contribution >= 4 is 17.7 Å². The van der Waals surface area contributed by atoms with Crippen molar-refractivity contribution in [3.05, 3.63) is 11.8 Å². The van der Waals surface area contributed by atoms with Gasteiger partial charge < -0.3 is 19.8 Å². The minimum atomic E-state index is -0.726. The van der Waals surface area contributed by atoms with Crippen LogP contribution in [0.1, 0.15) is 31.4 Å². The number of likely N-dealkylation sites (tertiary alicyclic amines) is 1. The summed E-state index contributed by atoms with van der Waals surface area (Å²) in [7, 11) is 0. The van der Waals surface area contributed by atoms with Crippen molar-refractivity contribution in [2.45, 2.75) is 32.6 Å². The lowest BCUT2D eigenvalue weighted by Gasteiger charge is -2.30. The summed E-state index contributed by atoms with van der Waals surface area (Å²) >= 11 is 0. The van der Waals surface area contributed by atoms with Crippen LogP contribution >= 0.6 is 0 Å². The molecule has 0 spiro atoms. The van der Waals surface area contributed by atoms with Crippen LogP contribution in [0.4, 0.5) is 5.82 Å². The van der Waals surface area contributed by atoms with Gasteiger partial charge in [-0.25, -0.2) is 0 Å². The van der Waals surface area contributed by atoms with E-state index >= 15 is 0 Å². The van der Waals surface area contributed by atoms with Gasteiger partial charge in [-0.05, 0) is 38.8 Å². The molecule has 7 nitrogen and oxygen atoms in total. The minimum Gasteiger partial charge on any atom is -0.481 e. The molecule has 1 aliphatic rings. The second kappa shape index (κ2) is 7.21. The molecule has 1 aromatic rings. The van der Waals surface area contributed by atoms with E-state index in [2.05, 4.69) is 15.4 Å². The zero-order valence-electron chi connectivity index (χ0n) is 12.2. The van der Waals surface area contributed by atoms with Crippen molar-refractivity contribution in [3.8, 4) is 0 Å². The maximum absolute atomic E-state index is 11.8. The quantitative estimate of drug-likeness (QED) is 0.825. The zero-order valence-corrected chi connectivity index (χ0v) is 12.2. The number of amides is 1. The smallest absolute Gasteiger partial charge is 0.303 e. The standard InChI is InChI=1S/C14H21N3O4/c1-10-8-12(16-21-10)15-13(18)4-7-17-5-2-11(3-6-17)9-14(19)20/h8,11H,2-7,9H2,1H3,(H,19,20)(H,15,16,18). The van der Waals surface area contributed by atoms with Crippen LogP contribution in [-0.4, -0.2) is 46.7 Å². The van der Waals surface area contributed by atoms with Crippen molar-refractivity contribution in [3.63, 3.8) is 0 Å². The number of aromatic nitrogens is 1. The number of nitrogens with zero attached hydrogens (tertiary/aromatic N) is 2. The van der Waals surface area contributed by atoms with Gasteiger partial charge in [-0.1, -0.05) is 5.16 Å². The van der Waals surface area contributed by atoms with Crippen LogP contribution in [0, 0.1) is 12.8 Å². The van der Waals surface area contributed by atoms with Gasteiger partial charge in [0.1, 0.15) is 5.76 Å². The van der Waals surface area contributed by atoms with Crippen molar-refractivity contribution in [1.29, 1.82) is 0 Å². The Balaban J connectivity index is 1.65. The molecular weight excluding hydrogens is 274 g/mol. The maximum Gasteiger partial charge on any atom is 0.303 e. The fourth-order valence-corrected chi connectivity index (χ4v) is 2.55. The molecule has 1 saturated heterocycles. The zero-order chi connectivity index (χ0) is 15.2. The molecule has 0 saturated carbocycles. The largest absolute Gasteiger partial charge is 0.481 e. The van der Waals surface area contributed by atoms with Crippen LogP contribution < -0.4 is 5.32 Å². The summed E-state index contributed by atoms with van der Waals surface area (Å²) in [5.74, 6) is 0.556. The lowest BCUT2D eigenvalue weighted by molar-refractivity contribution is -0.138. The average molecular weight is 295 g/mol. The Labute approximate surface area is 123 Å². The summed E-state index contributed by atoms with van der Waals surface area (Å²) in [5, 5.41) is 15.2. The summed E-state index contributed by atoms with van der Waals surface area (Å²) in [6, 6.07) is 1.68. The molecule has 2 rings (SSSR count). The molecule has 1 aromatic heterocycles. The molecule has 7 heteroatoms. The Morgan fingerprint density at radius 1 is 1.48 bits per heavy atom. The number of rotatable bonds is 6. The number of anilines is 1. The molecular formula is C14H21N3O4. The van der Waals surface area contributed by atoms with Crippen molar-refractivity contribution in [2.24, 2.45) is 5.92 Å². The molecule has 0 aromatic carbocycles. The molecule has 21 heavy (non-hydrogen) atoms. The maximum atomic E-state index is 11.8. The Hall–Kier alpha value is -1.89. The number of hydrogen-bond donors (Lipinski definition) is 2. The highest BCUT2D eigenvalue weighted by molar-refractivity contribution is 5.89. The van der Waals surface area contributed by atoms with Crippen molar-refractivity contribution < 1.29 is 19.2 Å². The topological polar surface area (TPSA) is 95.7 Å². The van der Waals surface area contributed by atoms with Crippen LogP contribution in [-0.2, 0) is 9.59 Å². The van der Waals surface area contributed by atoms with E-state index in [0.717, 1.165) is 25.9 Å². The van der Waals surface area contributed by atoms with Crippen LogP contribution in [0.25, 0.3) is 0 Å². The third kappa shape index (κ3) is 5.18. The molecule has 1 fully saturated rings. The number of carbonyl (C=O) groups excluding carboxylic acids is 1. The molecule has 1 amide bonds. The number of carboxylic acid groups (broad SMARTS) is 1. The summed E-state index contributed by atoms with van der Waals surface area (Å²) in [6.45, 7) is 4.16. The first-order valence-electron chi connectivity index (χ1n) is 7.20. The highest BCUT2D eigenvalue weighted by atomic mass is 16.5. The number of carbonyl (C=O) groups is 2. The first-order chi connectivity index (χ1) is 10.0. The average Bonchev–Trinajstić information content (AvgIpc) is 2.83. The Kier molecular flexibility index (Phi) is 5.32. The van der Waals surface area contributed by atoms with Gasteiger partial charge >= 0.3 is 5.97 Å². The van der Waals surface area contributed by atoms with Crippen LogP contribution in [0.3, 0.4) is 0 Å². The molecule has 0 bridgehead atoms. The summed E-state index contributed by atoms with van der Waals surface area (Å²) < 4.78 is 4.88. The van der Waals surface area contributed by atoms with Gasteiger partial charge in [0.05, 0.1) is 0 Å². The summed E-state index contributed by atoms with van der Waals surface area (Å²) in [6.07, 6.45) is 2.42. The molecule has 0 atom stereocenters. The first-order valence-corrected chi connectivity index (χ1v) is 7.20. The molecule has 1 aliphatic heterocycles. The molecule has 2 N–H and O–H groups in total. The van der Waals surface area contributed by atoms with Crippen LogP contribution in [0.5, 0.6) is 0 Å². The van der Waals surface area contributed by atoms with Gasteiger partial charge in [0.2, 0.25) is 5.91 Å². The van der Waals surface area contributed by atoms with E-state index in [0.29, 0.717) is 24.5 Å². The summed E-state index contributed by atoms with van der Waals surface area (Å²) in [5.41, 5.74) is 0. The summed E-state index contributed by atoms with van der Waals surface area (Å²) in [4.78, 5) is 24.6. The Bertz CT molecular complexity index is 492. The van der Waals surface area contributed by atoms with Gasteiger partial charge in [0, 0.05) is 25.5 Å². The lowest BCUT2D eigenvalue weighted by atomic mass is 9.93. The highest BCUT2D eigenvalue weighted by Crippen LogP contribution is 2.20. The minimum absolute atomic E-state index is 0.0871. The third-order valence-electron chi connectivity index (χ3n) is 3.72. The molecule has 0 radical (unpaired) electrons. The predicted molar refractivity (Wildman–Crippen MR) is 75.9 cm³/mol. The normalized spacial score (nSPS) is 16.8. The lowest BCUT2D eigenvalue weighted by Crippen LogP contribution is -2.36. The van der Waals surface area contributed by atoms with Crippen LogP contribution in [0.15, 0.2) is 10.6 Å².